The van der Waals surface area contributed by atoms with E-state index >= 15 is 0 Å². The summed E-state index contributed by atoms with van der Waals surface area (Å²) in [5, 5.41) is 10.4. The summed E-state index contributed by atoms with van der Waals surface area (Å²) in [4.78, 5) is 1.28. The third-order valence-electron chi connectivity index (χ3n) is 2.83. The zero-order valence-corrected chi connectivity index (χ0v) is 12.5. The van der Waals surface area contributed by atoms with Gasteiger partial charge < -0.3 is 5.11 Å². The highest BCUT2D eigenvalue weighted by molar-refractivity contribution is 7.19. The lowest BCUT2D eigenvalue weighted by atomic mass is 10.2. The first-order chi connectivity index (χ1) is 8.67. The molecule has 1 N–H and O–H groups in total. The van der Waals surface area contributed by atoms with Gasteiger partial charge in [0.2, 0.25) is 0 Å². The largest absolute Gasteiger partial charge is 0.508 e. The maximum Gasteiger partial charge on any atom is 0.117 e. The Morgan fingerprint density at radius 2 is 1.67 bits per heavy atom. The smallest absolute Gasteiger partial charge is 0.117 e. The minimum Gasteiger partial charge on any atom is -0.508 e. The van der Waals surface area contributed by atoms with Gasteiger partial charge in [0.25, 0.3) is 0 Å². The summed E-state index contributed by atoms with van der Waals surface area (Å²) in [6.07, 6.45) is 7.01. The number of phenols is 1. The van der Waals surface area contributed by atoms with Gasteiger partial charge in [-0.25, -0.2) is 0 Å². The van der Waals surface area contributed by atoms with Crippen LogP contribution in [0.2, 0.25) is 0 Å². The maximum absolute atomic E-state index is 9.15. The average Bonchev–Trinajstić information content (AvgIpc) is 2.70. The molecule has 1 aromatic carbocycles. The van der Waals surface area contributed by atoms with Gasteiger partial charge in [-0.15, -0.1) is 11.3 Å². The van der Waals surface area contributed by atoms with Gasteiger partial charge >= 0.3 is 0 Å². The van der Waals surface area contributed by atoms with Crippen LogP contribution in [0.1, 0.15) is 50.8 Å². The van der Waals surface area contributed by atoms with Crippen LogP contribution in [0.3, 0.4) is 0 Å². The molecule has 0 aliphatic rings. The van der Waals surface area contributed by atoms with Gasteiger partial charge in [-0.05, 0) is 36.6 Å². The lowest BCUT2D eigenvalue weighted by Crippen LogP contribution is -1.70. The highest BCUT2D eigenvalue weighted by Crippen LogP contribution is 2.27. The molecule has 18 heavy (non-hydrogen) atoms. The molecule has 0 fully saturated rings. The van der Waals surface area contributed by atoms with Gasteiger partial charge in [-0.2, -0.15) is 0 Å². The molecule has 2 aromatic rings. The number of benzene rings is 1. The molecule has 1 aromatic heterocycles. The lowest BCUT2D eigenvalue weighted by molar-refractivity contribution is 0.476. The molecule has 0 saturated heterocycles. The molecule has 0 atom stereocenters. The van der Waals surface area contributed by atoms with Crippen LogP contribution in [0, 0.1) is 6.92 Å². The van der Waals surface area contributed by atoms with E-state index in [1.54, 1.807) is 23.5 Å². The van der Waals surface area contributed by atoms with E-state index in [1.165, 1.54) is 42.4 Å². The number of phenolic OH excluding ortho intramolecular Hbond substituents is 1. The Morgan fingerprint density at radius 3 is 2.28 bits per heavy atom. The van der Waals surface area contributed by atoms with Crippen LogP contribution in [0.5, 0.6) is 5.75 Å². The zero-order valence-electron chi connectivity index (χ0n) is 11.7. The van der Waals surface area contributed by atoms with Crippen molar-refractivity contribution in [2.75, 3.05) is 0 Å². The minimum absolute atomic E-state index is 0.347. The second kappa shape index (κ2) is 8.15. The average molecular weight is 264 g/mol. The minimum atomic E-state index is 0.347. The quantitative estimate of drug-likeness (QED) is 0.682. The Labute approximate surface area is 114 Å². The fraction of sp³-hybridized carbons (Fsp3) is 0.500. The fourth-order valence-electron chi connectivity index (χ4n) is 1.83. The molecule has 2 rings (SSSR count). The Hall–Kier alpha value is -1.02. The van der Waals surface area contributed by atoms with Crippen LogP contribution in [-0.4, -0.2) is 5.11 Å². The summed E-state index contributed by atoms with van der Waals surface area (Å²) in [5.74, 6) is 0.347. The molecular weight excluding hydrogens is 240 g/mol. The van der Waals surface area contributed by atoms with E-state index < -0.39 is 0 Å². The zero-order chi connectivity index (χ0) is 13.4. The summed E-state index contributed by atoms with van der Waals surface area (Å²) in [5.41, 5.74) is 0. The number of aromatic hydroxyl groups is 1. The van der Waals surface area contributed by atoms with Crippen LogP contribution in [0.25, 0.3) is 10.1 Å². The van der Waals surface area contributed by atoms with Crippen molar-refractivity contribution in [3.63, 3.8) is 0 Å². The van der Waals surface area contributed by atoms with Crippen molar-refractivity contribution >= 4 is 21.4 Å². The van der Waals surface area contributed by atoms with Gasteiger partial charge in [0.1, 0.15) is 5.75 Å². The number of aryl methyl sites for hydroxylation is 1. The molecule has 100 valence electrons. The topological polar surface area (TPSA) is 20.2 Å². The van der Waals surface area contributed by atoms with E-state index in [-0.39, 0.29) is 0 Å². The van der Waals surface area contributed by atoms with Gasteiger partial charge in [0.15, 0.2) is 0 Å². The molecule has 0 aliphatic heterocycles. The second-order valence-corrected chi connectivity index (χ2v) is 5.93. The molecule has 2 heteroatoms. The van der Waals surface area contributed by atoms with Gasteiger partial charge in [-0.1, -0.05) is 46.0 Å². The van der Waals surface area contributed by atoms with Crippen molar-refractivity contribution in [2.45, 2.75) is 52.9 Å². The van der Waals surface area contributed by atoms with Gasteiger partial charge in [-0.3, -0.25) is 0 Å². The number of rotatable bonds is 4. The SMILES string of the molecule is CCCCCCC.Cc1cc2ccc(O)cc2s1. The van der Waals surface area contributed by atoms with Crippen molar-refractivity contribution in [1.29, 1.82) is 0 Å². The molecule has 0 amide bonds. The molecule has 0 radical (unpaired) electrons. The first-order valence-corrected chi connectivity index (χ1v) is 7.68. The fourth-order valence-corrected chi connectivity index (χ4v) is 2.79. The summed E-state index contributed by atoms with van der Waals surface area (Å²) in [7, 11) is 0. The summed E-state index contributed by atoms with van der Waals surface area (Å²) in [6.45, 7) is 6.56. The molecule has 0 unspecified atom stereocenters. The predicted octanol–water partition coefficient (Wildman–Crippen LogP) is 5.89. The Morgan fingerprint density at radius 1 is 1.00 bits per heavy atom. The van der Waals surface area contributed by atoms with E-state index in [4.69, 9.17) is 5.11 Å². The van der Waals surface area contributed by atoms with Crippen molar-refractivity contribution in [1.82, 2.24) is 0 Å². The van der Waals surface area contributed by atoms with Crippen LogP contribution >= 0.6 is 11.3 Å². The van der Waals surface area contributed by atoms with E-state index in [1.807, 2.05) is 6.07 Å². The highest BCUT2D eigenvalue weighted by Gasteiger charge is 1.97. The first kappa shape index (κ1) is 15.0. The summed E-state index contributed by atoms with van der Waals surface area (Å²) >= 11 is 1.71. The van der Waals surface area contributed by atoms with E-state index in [0.717, 1.165) is 4.70 Å². The van der Waals surface area contributed by atoms with Crippen LogP contribution in [-0.2, 0) is 0 Å². The maximum atomic E-state index is 9.15. The van der Waals surface area contributed by atoms with Crippen molar-refractivity contribution in [3.8, 4) is 5.75 Å². The predicted molar refractivity (Wildman–Crippen MR) is 82.7 cm³/mol. The summed E-state index contributed by atoms with van der Waals surface area (Å²) < 4.78 is 1.16. The lowest BCUT2D eigenvalue weighted by Gasteiger charge is -1.90. The van der Waals surface area contributed by atoms with E-state index in [2.05, 4.69) is 26.8 Å². The molecule has 0 bridgehead atoms. The molecule has 0 aliphatic carbocycles. The van der Waals surface area contributed by atoms with Crippen molar-refractivity contribution in [2.24, 2.45) is 0 Å². The normalized spacial score (nSPS) is 10.2. The monoisotopic (exact) mass is 264 g/mol. The third-order valence-corrected chi connectivity index (χ3v) is 3.85. The number of hydrogen-bond donors (Lipinski definition) is 1. The van der Waals surface area contributed by atoms with E-state index in [0.29, 0.717) is 5.75 Å². The van der Waals surface area contributed by atoms with Gasteiger partial charge in [0, 0.05) is 9.58 Å². The highest BCUT2D eigenvalue weighted by atomic mass is 32.1. The van der Waals surface area contributed by atoms with Gasteiger partial charge in [0.05, 0.1) is 0 Å². The van der Waals surface area contributed by atoms with Crippen molar-refractivity contribution in [3.05, 3.63) is 29.1 Å². The molecular formula is C16H24OS. The van der Waals surface area contributed by atoms with Crippen LogP contribution in [0.4, 0.5) is 0 Å². The molecule has 0 spiro atoms. The first-order valence-electron chi connectivity index (χ1n) is 6.86. The van der Waals surface area contributed by atoms with Crippen LogP contribution < -0.4 is 0 Å². The standard InChI is InChI=1S/C9H8OS.C7H16/c1-6-4-7-2-3-8(10)5-9(7)11-6;1-3-5-7-6-4-2/h2-5,10H,1H3;3-7H2,1-2H3. The van der Waals surface area contributed by atoms with Crippen molar-refractivity contribution < 1.29 is 5.11 Å². The Balaban J connectivity index is 0.000000203. The molecule has 1 nitrogen and oxygen atoms in total. The number of unbranched alkanes of at least 4 members (excludes halogenated alkanes) is 4. The number of fused-ring (bicyclic) bond motifs is 1. The molecule has 1 heterocycles. The molecule has 0 saturated carbocycles. The number of hydrogen-bond acceptors (Lipinski definition) is 2. The summed E-state index contributed by atoms with van der Waals surface area (Å²) in [6, 6.07) is 7.58. The third kappa shape index (κ3) is 5.09. The Kier molecular flexibility index (Phi) is 6.81. The van der Waals surface area contributed by atoms with E-state index in [9.17, 15) is 0 Å². The Bertz CT molecular complexity index is 455. The number of thiophene rings is 1. The second-order valence-electron chi connectivity index (χ2n) is 4.64. The van der Waals surface area contributed by atoms with Crippen LogP contribution in [0.15, 0.2) is 24.3 Å².